The number of carbonyl (C=O) groups excluding carboxylic acids is 1. The number of alkyl halides is 3. The minimum Gasteiger partial charge on any atom is -0.475 e. The molecule has 0 fully saturated rings. The van der Waals surface area contributed by atoms with Gasteiger partial charge in [0.2, 0.25) is 0 Å². The Balaban J connectivity index is 0.000000256. The molecule has 9 heteroatoms. The number of methoxy groups -OCH3 is 1. The lowest BCUT2D eigenvalue weighted by atomic mass is 10.1. The predicted octanol–water partition coefficient (Wildman–Crippen LogP) is 2.53. The van der Waals surface area contributed by atoms with Gasteiger partial charge < -0.3 is 15.2 Å². The second-order valence-electron chi connectivity index (χ2n) is 4.98. The summed E-state index contributed by atoms with van der Waals surface area (Å²) in [5.74, 6) is -2.76. The molecule has 0 amide bonds. The molecule has 6 nitrogen and oxygen atoms in total. The second-order valence-corrected chi connectivity index (χ2v) is 4.98. The minimum atomic E-state index is -5.08. The van der Waals surface area contributed by atoms with Gasteiger partial charge in [0.05, 0.1) is 12.6 Å². The van der Waals surface area contributed by atoms with Gasteiger partial charge in [0.25, 0.3) is 0 Å². The molecule has 2 N–H and O–H groups in total. The summed E-state index contributed by atoms with van der Waals surface area (Å²) in [5.41, 5.74) is 3.24. The van der Waals surface area contributed by atoms with Crippen LogP contribution in [0.3, 0.4) is 0 Å². The summed E-state index contributed by atoms with van der Waals surface area (Å²) >= 11 is 0. The Bertz CT molecular complexity index is 768. The highest BCUT2D eigenvalue weighted by atomic mass is 19.4. The molecule has 1 aliphatic rings. The lowest BCUT2D eigenvalue weighted by molar-refractivity contribution is -0.192. The Morgan fingerprint density at radius 2 is 1.92 bits per heavy atom. The molecule has 0 aliphatic carbocycles. The third-order valence-electron chi connectivity index (χ3n) is 3.53. The van der Waals surface area contributed by atoms with Crippen molar-refractivity contribution < 1.29 is 32.6 Å². The molecule has 24 heavy (non-hydrogen) atoms. The van der Waals surface area contributed by atoms with E-state index >= 15 is 0 Å². The number of nitrogens with zero attached hydrogens (tertiary/aromatic N) is 1. The number of para-hydroxylation sites is 1. The third-order valence-corrected chi connectivity index (χ3v) is 3.53. The average Bonchev–Trinajstić information content (AvgIpc) is 2.88. The van der Waals surface area contributed by atoms with Crippen LogP contribution in [0.1, 0.15) is 11.3 Å². The SMILES string of the molecule is COC(=O)n1c2c(c3ccccc31)CCNC2.O=C(O)C(F)(F)F. The Kier molecular flexibility index (Phi) is 5.13. The summed E-state index contributed by atoms with van der Waals surface area (Å²) < 4.78 is 38.3. The zero-order chi connectivity index (χ0) is 17.9. The van der Waals surface area contributed by atoms with Crippen LogP contribution >= 0.6 is 0 Å². The van der Waals surface area contributed by atoms with Crippen LogP contribution in [0.25, 0.3) is 10.9 Å². The van der Waals surface area contributed by atoms with Crippen LogP contribution in [0.2, 0.25) is 0 Å². The molecule has 2 aromatic rings. The van der Waals surface area contributed by atoms with E-state index in [0.717, 1.165) is 36.1 Å². The van der Waals surface area contributed by atoms with Crippen LogP contribution in [0.15, 0.2) is 24.3 Å². The number of carbonyl (C=O) groups is 2. The normalized spacial score (nSPS) is 13.7. The summed E-state index contributed by atoms with van der Waals surface area (Å²) in [6.07, 6.45) is -4.44. The van der Waals surface area contributed by atoms with Crippen LogP contribution in [0.5, 0.6) is 0 Å². The topological polar surface area (TPSA) is 80.6 Å². The van der Waals surface area contributed by atoms with E-state index in [2.05, 4.69) is 11.4 Å². The maximum Gasteiger partial charge on any atom is 0.490 e. The first-order valence-electron chi connectivity index (χ1n) is 6.97. The fourth-order valence-corrected chi connectivity index (χ4v) is 2.54. The molecule has 1 aromatic carbocycles. The van der Waals surface area contributed by atoms with Crippen LogP contribution in [-0.2, 0) is 22.5 Å². The number of hydrogen-bond donors (Lipinski definition) is 2. The first-order chi connectivity index (χ1) is 11.3. The third kappa shape index (κ3) is 3.51. The fraction of sp³-hybridized carbons (Fsp3) is 0.333. The van der Waals surface area contributed by atoms with E-state index in [1.807, 2.05) is 18.2 Å². The zero-order valence-electron chi connectivity index (χ0n) is 12.7. The number of ether oxygens (including phenoxy) is 1. The molecule has 2 heterocycles. The molecule has 0 spiro atoms. The standard InChI is InChI=1S/C13H14N2O2.C2HF3O2/c1-17-13(16)15-11-5-3-2-4-9(11)10-6-7-14-8-12(10)15;3-2(4,5)1(6)7/h2-5,14H,6-8H2,1H3;(H,6,7). The second kappa shape index (κ2) is 6.91. The molecule has 1 aliphatic heterocycles. The number of halogens is 3. The van der Waals surface area contributed by atoms with Crippen molar-refractivity contribution in [3.05, 3.63) is 35.5 Å². The van der Waals surface area contributed by atoms with Gasteiger partial charge in [-0.15, -0.1) is 0 Å². The van der Waals surface area contributed by atoms with Gasteiger partial charge in [-0.2, -0.15) is 13.2 Å². The van der Waals surface area contributed by atoms with Crippen molar-refractivity contribution in [1.82, 2.24) is 9.88 Å². The quantitative estimate of drug-likeness (QED) is 0.768. The monoisotopic (exact) mass is 344 g/mol. The van der Waals surface area contributed by atoms with E-state index in [-0.39, 0.29) is 6.09 Å². The highest BCUT2D eigenvalue weighted by Gasteiger charge is 2.38. The van der Waals surface area contributed by atoms with Gasteiger partial charge in [0.15, 0.2) is 0 Å². The molecule has 0 radical (unpaired) electrons. The number of carboxylic acid groups (broad SMARTS) is 1. The Morgan fingerprint density at radius 3 is 2.50 bits per heavy atom. The van der Waals surface area contributed by atoms with E-state index in [0.29, 0.717) is 0 Å². The summed E-state index contributed by atoms with van der Waals surface area (Å²) in [6, 6.07) is 7.98. The lowest BCUT2D eigenvalue weighted by Gasteiger charge is -2.15. The van der Waals surface area contributed by atoms with E-state index in [9.17, 15) is 18.0 Å². The summed E-state index contributed by atoms with van der Waals surface area (Å²) in [6.45, 7) is 1.68. The number of fused-ring (bicyclic) bond motifs is 3. The largest absolute Gasteiger partial charge is 0.490 e. The molecule has 130 valence electrons. The van der Waals surface area contributed by atoms with Crippen molar-refractivity contribution in [2.45, 2.75) is 19.1 Å². The highest BCUT2D eigenvalue weighted by Crippen LogP contribution is 2.28. The van der Waals surface area contributed by atoms with Crippen LogP contribution < -0.4 is 5.32 Å². The highest BCUT2D eigenvalue weighted by molar-refractivity contribution is 5.93. The lowest BCUT2D eigenvalue weighted by Crippen LogP contribution is -2.27. The molecular formula is C15H15F3N2O4. The van der Waals surface area contributed by atoms with Gasteiger partial charge in [-0.25, -0.2) is 14.2 Å². The molecule has 0 atom stereocenters. The molecule has 0 unspecified atom stereocenters. The first-order valence-corrected chi connectivity index (χ1v) is 6.97. The maximum absolute atomic E-state index is 11.9. The molecule has 1 aromatic heterocycles. The number of benzene rings is 1. The minimum absolute atomic E-state index is 0.314. The van der Waals surface area contributed by atoms with Gasteiger partial charge >= 0.3 is 18.2 Å². The van der Waals surface area contributed by atoms with E-state index in [1.54, 1.807) is 4.57 Å². The van der Waals surface area contributed by atoms with Crippen LogP contribution in [0.4, 0.5) is 18.0 Å². The molecule has 3 rings (SSSR count). The number of aliphatic carboxylic acids is 1. The smallest absolute Gasteiger partial charge is 0.475 e. The van der Waals surface area contributed by atoms with E-state index in [1.165, 1.54) is 12.7 Å². The molecule has 0 bridgehead atoms. The van der Waals surface area contributed by atoms with Crippen molar-refractivity contribution in [2.24, 2.45) is 0 Å². The van der Waals surface area contributed by atoms with Gasteiger partial charge in [-0.1, -0.05) is 18.2 Å². The van der Waals surface area contributed by atoms with Gasteiger partial charge in [0.1, 0.15) is 0 Å². The summed E-state index contributed by atoms with van der Waals surface area (Å²) in [7, 11) is 1.42. The number of aromatic nitrogens is 1. The van der Waals surface area contributed by atoms with E-state index in [4.69, 9.17) is 14.6 Å². The average molecular weight is 344 g/mol. The van der Waals surface area contributed by atoms with Crippen molar-refractivity contribution in [2.75, 3.05) is 13.7 Å². The van der Waals surface area contributed by atoms with E-state index < -0.39 is 12.1 Å². The van der Waals surface area contributed by atoms with Crippen molar-refractivity contribution >= 4 is 23.0 Å². The summed E-state index contributed by atoms with van der Waals surface area (Å²) in [5, 5.41) is 11.6. The predicted molar refractivity (Wildman–Crippen MR) is 78.8 cm³/mol. The fourth-order valence-electron chi connectivity index (χ4n) is 2.54. The molecule has 0 saturated heterocycles. The van der Waals surface area contributed by atoms with Crippen LogP contribution in [-0.4, -0.2) is 41.6 Å². The van der Waals surface area contributed by atoms with Crippen molar-refractivity contribution in [1.29, 1.82) is 0 Å². The van der Waals surface area contributed by atoms with Crippen LogP contribution in [0, 0.1) is 0 Å². The van der Waals surface area contributed by atoms with Crippen molar-refractivity contribution in [3.63, 3.8) is 0 Å². The molecular weight excluding hydrogens is 329 g/mol. The summed E-state index contributed by atoms with van der Waals surface area (Å²) in [4.78, 5) is 20.8. The van der Waals surface area contributed by atoms with Crippen molar-refractivity contribution in [3.8, 4) is 0 Å². The van der Waals surface area contributed by atoms with Gasteiger partial charge in [-0.05, 0) is 24.6 Å². The Morgan fingerprint density at radius 1 is 1.29 bits per heavy atom. The number of rotatable bonds is 0. The Labute approximate surface area is 134 Å². The first kappa shape index (κ1) is 17.8. The number of carboxylic acids is 1. The van der Waals surface area contributed by atoms with Gasteiger partial charge in [0, 0.05) is 17.6 Å². The molecule has 0 saturated carbocycles. The zero-order valence-corrected chi connectivity index (χ0v) is 12.7. The van der Waals surface area contributed by atoms with Gasteiger partial charge in [-0.3, -0.25) is 0 Å². The number of nitrogens with one attached hydrogen (secondary N) is 1. The number of hydrogen-bond acceptors (Lipinski definition) is 4. The Hall–Kier alpha value is -2.55. The maximum atomic E-state index is 11.9.